The third-order valence-corrected chi connectivity index (χ3v) is 3.88. The highest BCUT2D eigenvalue weighted by atomic mass is 16.3. The van der Waals surface area contributed by atoms with Crippen LogP contribution in [0.25, 0.3) is 10.8 Å². The summed E-state index contributed by atoms with van der Waals surface area (Å²) in [6, 6.07) is 8.11. The second-order valence-corrected chi connectivity index (χ2v) is 4.93. The molecule has 1 aromatic carbocycles. The molecule has 1 heterocycles. The molecule has 2 nitrogen and oxygen atoms in total. The van der Waals surface area contributed by atoms with Crippen LogP contribution in [0.5, 0.6) is 0 Å². The first-order chi connectivity index (χ1) is 8.36. The molecule has 2 heteroatoms. The lowest BCUT2D eigenvalue weighted by molar-refractivity contribution is 0.113. The van der Waals surface area contributed by atoms with Crippen molar-refractivity contribution < 1.29 is 5.11 Å². The number of hydrogen-bond acceptors (Lipinski definition) is 2. The summed E-state index contributed by atoms with van der Waals surface area (Å²) in [5.74, 6) is 0.439. The van der Waals surface area contributed by atoms with E-state index in [1.807, 2.05) is 30.5 Å². The number of aliphatic hydroxyl groups is 1. The van der Waals surface area contributed by atoms with E-state index in [1.165, 1.54) is 12.8 Å². The summed E-state index contributed by atoms with van der Waals surface area (Å²) in [7, 11) is 0. The van der Waals surface area contributed by atoms with Crippen molar-refractivity contribution in [2.75, 3.05) is 0 Å². The van der Waals surface area contributed by atoms with Crippen LogP contribution in [0.15, 0.2) is 36.7 Å². The fourth-order valence-corrected chi connectivity index (χ4v) is 2.93. The van der Waals surface area contributed by atoms with Gasteiger partial charge in [-0.3, -0.25) is 4.98 Å². The van der Waals surface area contributed by atoms with Crippen LogP contribution in [0.1, 0.15) is 37.4 Å². The van der Waals surface area contributed by atoms with Crippen molar-refractivity contribution in [1.29, 1.82) is 0 Å². The molecule has 1 aromatic heterocycles. The van der Waals surface area contributed by atoms with Crippen LogP contribution in [0.2, 0.25) is 0 Å². The minimum atomic E-state index is -0.316. The van der Waals surface area contributed by atoms with Crippen LogP contribution in [0.4, 0.5) is 0 Å². The third kappa shape index (κ3) is 1.93. The Bertz CT molecular complexity index is 512. The van der Waals surface area contributed by atoms with Gasteiger partial charge < -0.3 is 5.11 Å². The van der Waals surface area contributed by atoms with Gasteiger partial charge in [-0.2, -0.15) is 0 Å². The first kappa shape index (κ1) is 10.7. The van der Waals surface area contributed by atoms with Gasteiger partial charge in [0.05, 0.1) is 6.10 Å². The Balaban J connectivity index is 2.04. The van der Waals surface area contributed by atoms with Crippen molar-refractivity contribution in [1.82, 2.24) is 4.98 Å². The number of benzene rings is 1. The molecule has 0 bridgehead atoms. The van der Waals surface area contributed by atoms with Gasteiger partial charge in [-0.05, 0) is 35.8 Å². The Morgan fingerprint density at radius 1 is 1.18 bits per heavy atom. The molecule has 1 fully saturated rings. The lowest BCUT2D eigenvalue weighted by Gasteiger charge is -2.19. The van der Waals surface area contributed by atoms with Crippen LogP contribution in [0, 0.1) is 5.92 Å². The predicted molar refractivity (Wildman–Crippen MR) is 68.7 cm³/mol. The van der Waals surface area contributed by atoms with Crippen LogP contribution in [-0.2, 0) is 0 Å². The standard InChI is InChI=1S/C15H17NO/c17-15(11-4-1-2-5-11)14-7-3-6-12-10-16-9-8-13(12)14/h3,6-11,15,17H,1-2,4-5H2. The van der Waals surface area contributed by atoms with Crippen molar-refractivity contribution in [2.45, 2.75) is 31.8 Å². The lowest BCUT2D eigenvalue weighted by atomic mass is 9.91. The number of aliphatic hydroxyl groups excluding tert-OH is 1. The normalized spacial score (nSPS) is 18.6. The topological polar surface area (TPSA) is 33.1 Å². The fourth-order valence-electron chi connectivity index (χ4n) is 2.93. The highest BCUT2D eigenvalue weighted by molar-refractivity contribution is 5.85. The zero-order valence-electron chi connectivity index (χ0n) is 9.84. The van der Waals surface area contributed by atoms with Gasteiger partial charge in [-0.1, -0.05) is 31.0 Å². The number of pyridine rings is 1. The molecule has 1 aliphatic carbocycles. The third-order valence-electron chi connectivity index (χ3n) is 3.88. The molecule has 0 amide bonds. The van der Waals surface area contributed by atoms with Gasteiger partial charge in [0.1, 0.15) is 0 Å². The van der Waals surface area contributed by atoms with E-state index >= 15 is 0 Å². The van der Waals surface area contributed by atoms with Crippen molar-refractivity contribution in [3.8, 4) is 0 Å². The molecule has 17 heavy (non-hydrogen) atoms. The smallest absolute Gasteiger partial charge is 0.0824 e. The van der Waals surface area contributed by atoms with E-state index in [1.54, 1.807) is 6.20 Å². The maximum Gasteiger partial charge on any atom is 0.0824 e. The van der Waals surface area contributed by atoms with Crippen molar-refractivity contribution in [3.63, 3.8) is 0 Å². The van der Waals surface area contributed by atoms with Crippen LogP contribution >= 0.6 is 0 Å². The number of nitrogens with zero attached hydrogens (tertiary/aromatic N) is 1. The number of fused-ring (bicyclic) bond motifs is 1. The SMILES string of the molecule is OC(c1cccc2cnccc12)C1CCCC1. The van der Waals surface area contributed by atoms with Crippen LogP contribution in [0.3, 0.4) is 0 Å². The molecular weight excluding hydrogens is 210 g/mol. The van der Waals surface area contributed by atoms with Crippen molar-refractivity contribution in [3.05, 3.63) is 42.2 Å². The Hall–Kier alpha value is -1.41. The van der Waals surface area contributed by atoms with E-state index in [4.69, 9.17) is 0 Å². The van der Waals surface area contributed by atoms with E-state index in [0.717, 1.165) is 29.2 Å². The average molecular weight is 227 g/mol. The highest BCUT2D eigenvalue weighted by Crippen LogP contribution is 2.37. The summed E-state index contributed by atoms with van der Waals surface area (Å²) in [6.45, 7) is 0. The monoisotopic (exact) mass is 227 g/mol. The fraction of sp³-hybridized carbons (Fsp3) is 0.400. The van der Waals surface area contributed by atoms with Gasteiger partial charge in [0.25, 0.3) is 0 Å². The molecule has 1 N–H and O–H groups in total. The molecule has 3 rings (SSSR count). The first-order valence-electron chi connectivity index (χ1n) is 6.37. The van der Waals surface area contributed by atoms with Crippen LogP contribution in [-0.4, -0.2) is 10.1 Å². The van der Waals surface area contributed by atoms with E-state index in [2.05, 4.69) is 4.98 Å². The summed E-state index contributed by atoms with van der Waals surface area (Å²) in [5.41, 5.74) is 1.07. The maximum absolute atomic E-state index is 10.5. The minimum absolute atomic E-state index is 0.316. The summed E-state index contributed by atoms with van der Waals surface area (Å²) in [5, 5.41) is 12.8. The molecule has 0 aliphatic heterocycles. The van der Waals surface area contributed by atoms with E-state index in [9.17, 15) is 5.11 Å². The Labute approximate surface area is 101 Å². The van der Waals surface area contributed by atoms with Gasteiger partial charge in [0.2, 0.25) is 0 Å². The van der Waals surface area contributed by atoms with E-state index < -0.39 is 0 Å². The van der Waals surface area contributed by atoms with Gasteiger partial charge in [0.15, 0.2) is 0 Å². The lowest BCUT2D eigenvalue weighted by Crippen LogP contribution is -2.09. The largest absolute Gasteiger partial charge is 0.388 e. The quantitative estimate of drug-likeness (QED) is 0.852. The van der Waals surface area contributed by atoms with Crippen LogP contribution < -0.4 is 0 Å². The number of rotatable bonds is 2. The molecule has 1 saturated carbocycles. The molecule has 1 unspecified atom stereocenters. The van der Waals surface area contributed by atoms with E-state index in [-0.39, 0.29) is 6.10 Å². The predicted octanol–water partition coefficient (Wildman–Crippen LogP) is 3.46. The van der Waals surface area contributed by atoms with Crippen molar-refractivity contribution >= 4 is 10.8 Å². The molecule has 88 valence electrons. The first-order valence-corrected chi connectivity index (χ1v) is 6.37. The second kappa shape index (κ2) is 4.46. The maximum atomic E-state index is 10.5. The molecule has 1 aliphatic rings. The Morgan fingerprint density at radius 2 is 2.00 bits per heavy atom. The number of hydrogen-bond donors (Lipinski definition) is 1. The van der Waals surface area contributed by atoms with Crippen molar-refractivity contribution in [2.24, 2.45) is 5.92 Å². The Morgan fingerprint density at radius 3 is 2.82 bits per heavy atom. The Kier molecular flexibility index (Phi) is 2.81. The molecule has 0 saturated heterocycles. The molecule has 0 spiro atoms. The van der Waals surface area contributed by atoms with Gasteiger partial charge >= 0.3 is 0 Å². The highest BCUT2D eigenvalue weighted by Gasteiger charge is 2.25. The minimum Gasteiger partial charge on any atom is -0.388 e. The average Bonchev–Trinajstić information content (AvgIpc) is 2.91. The summed E-state index contributed by atoms with van der Waals surface area (Å²) < 4.78 is 0. The molecular formula is C15H17NO. The summed E-state index contributed by atoms with van der Waals surface area (Å²) in [6.07, 6.45) is 8.17. The van der Waals surface area contributed by atoms with Gasteiger partial charge in [0, 0.05) is 17.8 Å². The van der Waals surface area contributed by atoms with Gasteiger partial charge in [-0.25, -0.2) is 0 Å². The number of aromatic nitrogens is 1. The second-order valence-electron chi connectivity index (χ2n) is 4.93. The van der Waals surface area contributed by atoms with Gasteiger partial charge in [-0.15, -0.1) is 0 Å². The molecule has 2 aromatic rings. The zero-order valence-corrected chi connectivity index (χ0v) is 9.84. The molecule has 1 atom stereocenters. The zero-order chi connectivity index (χ0) is 11.7. The molecule has 0 radical (unpaired) electrons. The summed E-state index contributed by atoms with van der Waals surface area (Å²) in [4.78, 5) is 4.13. The van der Waals surface area contributed by atoms with E-state index in [0.29, 0.717) is 5.92 Å². The summed E-state index contributed by atoms with van der Waals surface area (Å²) >= 11 is 0.